The monoisotopic (exact) mass is 558 g/mol. The highest BCUT2D eigenvalue weighted by molar-refractivity contribution is 6.01. The molecule has 2 fully saturated rings. The molecule has 4 aliphatic heterocycles. The van der Waals surface area contributed by atoms with Crippen LogP contribution in [-0.4, -0.2) is 66.2 Å². The van der Waals surface area contributed by atoms with Gasteiger partial charge in [0.05, 0.1) is 36.0 Å². The van der Waals surface area contributed by atoms with Gasteiger partial charge >= 0.3 is 6.18 Å². The molecule has 3 N–H and O–H groups in total. The number of nitrogens with one attached hydrogen (secondary N) is 3. The predicted molar refractivity (Wildman–Crippen MR) is 138 cm³/mol. The number of amides is 1. The van der Waals surface area contributed by atoms with Crippen molar-refractivity contribution in [2.75, 3.05) is 31.6 Å². The van der Waals surface area contributed by atoms with Crippen LogP contribution in [0.1, 0.15) is 31.4 Å². The van der Waals surface area contributed by atoms with Crippen LogP contribution in [0.2, 0.25) is 0 Å². The highest BCUT2D eigenvalue weighted by atomic mass is 19.4. The van der Waals surface area contributed by atoms with E-state index < -0.39 is 29.1 Å². The second-order valence-corrected chi connectivity index (χ2v) is 10.6. The zero-order valence-corrected chi connectivity index (χ0v) is 21.9. The summed E-state index contributed by atoms with van der Waals surface area (Å²) < 4.78 is 57.7. The molecule has 1 unspecified atom stereocenters. The summed E-state index contributed by atoms with van der Waals surface area (Å²) in [6.45, 7) is 5.91. The molecule has 3 atom stereocenters. The predicted octanol–water partition coefficient (Wildman–Crippen LogP) is 2.94. The molecule has 1 aromatic carbocycles. The van der Waals surface area contributed by atoms with E-state index in [0.717, 1.165) is 37.3 Å². The number of rotatable bonds is 6. The van der Waals surface area contributed by atoms with Gasteiger partial charge in [0.15, 0.2) is 5.79 Å². The van der Waals surface area contributed by atoms with E-state index in [1.54, 1.807) is 18.3 Å². The third kappa shape index (κ3) is 5.06. The van der Waals surface area contributed by atoms with Crippen LogP contribution in [0.3, 0.4) is 0 Å². The minimum atomic E-state index is -4.59. The molecule has 13 heteroatoms. The van der Waals surface area contributed by atoms with Gasteiger partial charge in [-0.15, -0.1) is 0 Å². The number of benzene rings is 1. The van der Waals surface area contributed by atoms with Crippen molar-refractivity contribution in [1.82, 2.24) is 20.5 Å². The number of allylic oxidation sites excluding steroid dienone is 1. The zero-order chi connectivity index (χ0) is 28.1. The van der Waals surface area contributed by atoms with Crippen LogP contribution in [0.5, 0.6) is 5.88 Å². The first kappa shape index (κ1) is 26.4. The summed E-state index contributed by atoms with van der Waals surface area (Å²) in [7, 11) is 0. The molecule has 40 heavy (non-hydrogen) atoms. The Hall–Kier alpha value is -3.84. The average molecular weight is 559 g/mol. The normalized spacial score (nSPS) is 26.7. The molecule has 2 bridgehead atoms. The molecule has 2 saturated heterocycles. The number of pyridine rings is 1. The lowest BCUT2D eigenvalue weighted by Crippen LogP contribution is -2.57. The molecule has 6 rings (SSSR count). The lowest BCUT2D eigenvalue weighted by atomic mass is 9.95. The maximum Gasteiger partial charge on any atom is 0.416 e. The van der Waals surface area contributed by atoms with Crippen molar-refractivity contribution in [3.63, 3.8) is 0 Å². The average Bonchev–Trinajstić information content (AvgIpc) is 3.49. The molecule has 1 aromatic heterocycles. The summed E-state index contributed by atoms with van der Waals surface area (Å²) in [5.41, 5.74) is -1.59. The van der Waals surface area contributed by atoms with Crippen LogP contribution in [0.15, 0.2) is 59.1 Å². The molecule has 0 radical (unpaired) electrons. The number of carbonyl (C=O) groups is 1. The Morgan fingerprint density at radius 2 is 2.12 bits per heavy atom. The van der Waals surface area contributed by atoms with Crippen LogP contribution in [0.4, 0.5) is 18.9 Å². The maximum absolute atomic E-state index is 13.8. The lowest BCUT2D eigenvalue weighted by Gasteiger charge is -2.40. The van der Waals surface area contributed by atoms with Gasteiger partial charge in [-0.1, -0.05) is 12.1 Å². The smallest absolute Gasteiger partial charge is 0.416 e. The Labute approximate surface area is 228 Å². The van der Waals surface area contributed by atoms with E-state index >= 15 is 0 Å². The minimum absolute atomic E-state index is 0.0481. The highest BCUT2D eigenvalue weighted by Crippen LogP contribution is 2.36. The molecule has 0 saturated carbocycles. The first-order valence-corrected chi connectivity index (χ1v) is 13.0. The fourth-order valence-corrected chi connectivity index (χ4v) is 5.25. The fourth-order valence-electron chi connectivity index (χ4n) is 5.25. The maximum atomic E-state index is 13.8. The molecule has 212 valence electrons. The van der Waals surface area contributed by atoms with Gasteiger partial charge < -0.3 is 35.1 Å². The third-order valence-corrected chi connectivity index (χ3v) is 7.23. The summed E-state index contributed by atoms with van der Waals surface area (Å²) in [5.74, 6) is -0.460. The fraction of sp³-hybridized carbons (Fsp3) is 0.444. The van der Waals surface area contributed by atoms with Crippen molar-refractivity contribution >= 4 is 17.8 Å². The number of fused-ring (bicyclic) bond motifs is 3. The number of anilines is 1. The minimum Gasteiger partial charge on any atom is -0.475 e. The van der Waals surface area contributed by atoms with Crippen LogP contribution < -0.4 is 20.7 Å². The number of hydrogen-bond acceptors (Lipinski definition) is 9. The van der Waals surface area contributed by atoms with Crippen LogP contribution in [0.25, 0.3) is 0 Å². The van der Waals surface area contributed by atoms with E-state index in [9.17, 15) is 18.0 Å². The number of ether oxygens (including phenoxy) is 3. The van der Waals surface area contributed by atoms with Gasteiger partial charge in [-0.05, 0) is 38.5 Å². The Morgan fingerprint density at radius 1 is 1.27 bits per heavy atom. The molecule has 0 spiro atoms. The second kappa shape index (κ2) is 9.66. The van der Waals surface area contributed by atoms with Crippen molar-refractivity contribution in [2.24, 2.45) is 4.99 Å². The number of aromatic nitrogens is 1. The molecule has 2 aromatic rings. The van der Waals surface area contributed by atoms with E-state index in [0.29, 0.717) is 24.0 Å². The summed E-state index contributed by atoms with van der Waals surface area (Å²) in [6.07, 6.45) is -0.965. The van der Waals surface area contributed by atoms with Gasteiger partial charge in [0.25, 0.3) is 5.91 Å². The molecule has 10 nitrogen and oxygen atoms in total. The number of nitrogens with zero attached hydrogens (tertiary/aromatic N) is 3. The van der Waals surface area contributed by atoms with Gasteiger partial charge in [-0.3, -0.25) is 4.79 Å². The van der Waals surface area contributed by atoms with E-state index in [4.69, 9.17) is 14.2 Å². The zero-order valence-electron chi connectivity index (χ0n) is 21.9. The van der Waals surface area contributed by atoms with Crippen molar-refractivity contribution < 1.29 is 32.2 Å². The lowest BCUT2D eigenvalue weighted by molar-refractivity contribution is -0.141. The van der Waals surface area contributed by atoms with Crippen LogP contribution in [0, 0.1) is 0 Å². The van der Waals surface area contributed by atoms with Gasteiger partial charge in [0.2, 0.25) is 11.5 Å². The summed E-state index contributed by atoms with van der Waals surface area (Å²) in [6, 6.07) is 7.97. The topological polar surface area (TPSA) is 109 Å². The first-order valence-electron chi connectivity index (χ1n) is 13.0. The number of carbonyl (C=O) groups excluding carboxylic acids is 1. The molecule has 1 amide bonds. The Kier molecular flexibility index (Phi) is 6.37. The molecular weight excluding hydrogens is 529 g/mol. The van der Waals surface area contributed by atoms with Gasteiger partial charge in [0, 0.05) is 30.8 Å². The highest BCUT2D eigenvalue weighted by Gasteiger charge is 2.47. The molecule has 4 aliphatic rings. The molecule has 5 heterocycles. The Morgan fingerprint density at radius 3 is 2.85 bits per heavy atom. The number of aliphatic imine (C=N–C) groups is 1. The van der Waals surface area contributed by atoms with Crippen molar-refractivity contribution in [3.8, 4) is 5.88 Å². The number of alkyl halides is 3. The van der Waals surface area contributed by atoms with E-state index in [2.05, 4.69) is 30.8 Å². The van der Waals surface area contributed by atoms with E-state index in [-0.39, 0.29) is 24.3 Å². The van der Waals surface area contributed by atoms with Crippen molar-refractivity contribution in [1.29, 1.82) is 0 Å². The molecular formula is C27H29F3N6O4. The largest absolute Gasteiger partial charge is 0.475 e. The van der Waals surface area contributed by atoms with E-state index in [1.165, 1.54) is 18.3 Å². The third-order valence-electron chi connectivity index (χ3n) is 7.23. The Balaban J connectivity index is 1.23. The standard InChI is InChI=1S/C27H29F3N6O4/c1-25(2)39-15-20(40-25)14-38-22-7-6-18(11-31-22)34-24(37)26(16-4-3-5-17(10-16)27(28,29)30)32-12-21-23(35-26)33-19-8-9-36(21)13-19/h3-7,10-12,19-20,33,35H,8-9,13-15H2,1-2H3,(H,34,37)/t19-,20-,26?/m0/s1. The van der Waals surface area contributed by atoms with Crippen LogP contribution in [-0.2, 0) is 26.1 Å². The number of halogens is 3. The number of hydrogen-bond donors (Lipinski definition) is 3. The summed E-state index contributed by atoms with van der Waals surface area (Å²) >= 11 is 0. The van der Waals surface area contributed by atoms with Gasteiger partial charge in [-0.25, -0.2) is 9.98 Å². The van der Waals surface area contributed by atoms with Gasteiger partial charge in [-0.2, -0.15) is 13.2 Å². The molecule has 0 aliphatic carbocycles. The Bertz CT molecular complexity index is 1360. The quantitative estimate of drug-likeness (QED) is 0.497. The van der Waals surface area contributed by atoms with Crippen LogP contribution >= 0.6 is 0 Å². The van der Waals surface area contributed by atoms with E-state index in [1.807, 2.05) is 13.8 Å². The second-order valence-electron chi connectivity index (χ2n) is 10.6. The summed E-state index contributed by atoms with van der Waals surface area (Å²) in [5, 5.41) is 9.26. The summed E-state index contributed by atoms with van der Waals surface area (Å²) in [4.78, 5) is 24.7. The van der Waals surface area contributed by atoms with Crippen molar-refractivity contribution in [3.05, 3.63) is 65.2 Å². The first-order chi connectivity index (χ1) is 19.0. The SMILES string of the molecule is CC1(C)OC[C@H](COc2ccc(NC(=O)C3(c4cccc(C(F)(F)F)c4)N=CC4=C(N[C@H]5CCN4C5)N3)cn2)O1. The van der Waals surface area contributed by atoms with Gasteiger partial charge in [0.1, 0.15) is 18.5 Å². The van der Waals surface area contributed by atoms with Crippen molar-refractivity contribution in [2.45, 2.75) is 50.0 Å².